The molecule has 0 radical (unpaired) electrons. The van der Waals surface area contributed by atoms with E-state index in [0.29, 0.717) is 29.5 Å². The highest BCUT2D eigenvalue weighted by Crippen LogP contribution is 2.40. The van der Waals surface area contributed by atoms with Crippen molar-refractivity contribution in [3.8, 4) is 22.5 Å². The lowest BCUT2D eigenvalue weighted by Crippen LogP contribution is -2.34. The molecule has 0 spiro atoms. The number of nitrogens with one attached hydrogen (secondary N) is 3. The molecule has 2 amide bonds. The fraction of sp³-hybridized carbons (Fsp3) is 0.261. The minimum atomic E-state index is -0.797. The third-order valence-electron chi connectivity index (χ3n) is 5.72. The summed E-state index contributed by atoms with van der Waals surface area (Å²) >= 11 is 0. The van der Waals surface area contributed by atoms with Crippen LogP contribution >= 0.6 is 0 Å². The van der Waals surface area contributed by atoms with Crippen LogP contribution in [0.25, 0.3) is 33.5 Å². The van der Waals surface area contributed by atoms with Gasteiger partial charge in [0.15, 0.2) is 5.82 Å². The van der Waals surface area contributed by atoms with E-state index in [1.54, 1.807) is 24.7 Å². The van der Waals surface area contributed by atoms with Gasteiger partial charge in [0.25, 0.3) is 0 Å². The van der Waals surface area contributed by atoms with Gasteiger partial charge in [0, 0.05) is 36.3 Å². The number of nitrogens with zero attached hydrogens (tertiary/aromatic N) is 4. The van der Waals surface area contributed by atoms with Gasteiger partial charge in [0.1, 0.15) is 11.1 Å². The van der Waals surface area contributed by atoms with E-state index in [-0.39, 0.29) is 6.03 Å². The number of anilines is 1. The first-order chi connectivity index (χ1) is 15.6. The number of carbonyl (C=O) groups excluding carboxylic acids is 1. The summed E-state index contributed by atoms with van der Waals surface area (Å²) in [6.45, 7) is 2.36. The highest BCUT2D eigenvalue weighted by atomic mass is 16.3. The minimum absolute atomic E-state index is 0.334. The maximum Gasteiger partial charge on any atom is 0.321 e. The second-order valence-corrected chi connectivity index (χ2v) is 7.88. The number of imidazole rings is 1. The maximum atomic E-state index is 11.9. The van der Waals surface area contributed by atoms with Gasteiger partial charge < -0.3 is 15.4 Å². The number of hydrogen-bond acceptors (Lipinski definition) is 6. The number of carbonyl (C=O) groups is 1. The van der Waals surface area contributed by atoms with Gasteiger partial charge >= 0.3 is 6.03 Å². The highest BCUT2D eigenvalue weighted by molar-refractivity contribution is 5.97. The van der Waals surface area contributed by atoms with Crippen molar-refractivity contribution in [2.45, 2.75) is 31.8 Å². The van der Waals surface area contributed by atoms with Crippen LogP contribution in [0, 0.1) is 0 Å². The monoisotopic (exact) mass is 429 g/mol. The first-order valence-electron chi connectivity index (χ1n) is 10.6. The Hall–Kier alpha value is -3.85. The van der Waals surface area contributed by atoms with E-state index in [0.717, 1.165) is 41.5 Å². The Balaban J connectivity index is 1.58. The van der Waals surface area contributed by atoms with Crippen molar-refractivity contribution >= 4 is 23.0 Å². The van der Waals surface area contributed by atoms with Crippen molar-refractivity contribution in [3.05, 3.63) is 54.6 Å². The number of benzene rings is 1. The van der Waals surface area contributed by atoms with Crippen LogP contribution in [-0.4, -0.2) is 42.6 Å². The molecule has 1 aliphatic rings. The van der Waals surface area contributed by atoms with E-state index in [2.05, 4.69) is 35.6 Å². The van der Waals surface area contributed by atoms with Gasteiger partial charge in [-0.15, -0.1) is 0 Å². The third kappa shape index (κ3) is 3.67. The smallest absolute Gasteiger partial charge is 0.321 e. The molecule has 0 aliphatic heterocycles. The topological polar surface area (TPSA) is 129 Å². The third-order valence-corrected chi connectivity index (χ3v) is 5.72. The van der Waals surface area contributed by atoms with E-state index in [4.69, 9.17) is 0 Å². The molecular weight excluding hydrogens is 406 g/mol. The molecule has 4 aromatic rings. The predicted molar refractivity (Wildman–Crippen MR) is 121 cm³/mol. The van der Waals surface area contributed by atoms with Gasteiger partial charge in [0.2, 0.25) is 5.95 Å². The molecule has 0 unspecified atom stereocenters. The number of fused-ring (bicyclic) bond motifs is 1. The number of H-pyrrole nitrogens is 1. The summed E-state index contributed by atoms with van der Waals surface area (Å²) in [7, 11) is 0. The van der Waals surface area contributed by atoms with Gasteiger partial charge in [-0.05, 0) is 56.0 Å². The van der Waals surface area contributed by atoms with E-state index >= 15 is 0 Å². The summed E-state index contributed by atoms with van der Waals surface area (Å²) in [4.78, 5) is 32.9. The maximum absolute atomic E-state index is 11.9. The molecule has 9 heteroatoms. The van der Waals surface area contributed by atoms with Gasteiger partial charge in [-0.1, -0.05) is 6.07 Å². The van der Waals surface area contributed by atoms with Gasteiger partial charge in [-0.2, -0.15) is 0 Å². The van der Waals surface area contributed by atoms with Crippen LogP contribution in [0.15, 0.2) is 48.9 Å². The lowest BCUT2D eigenvalue weighted by molar-refractivity contribution is -0.0426. The van der Waals surface area contributed by atoms with Crippen LogP contribution in [0.2, 0.25) is 0 Å². The molecule has 4 N–H and O–H groups in total. The van der Waals surface area contributed by atoms with Crippen molar-refractivity contribution in [1.29, 1.82) is 0 Å². The largest absolute Gasteiger partial charge is 0.384 e. The zero-order chi connectivity index (χ0) is 22.1. The zero-order valence-corrected chi connectivity index (χ0v) is 17.6. The van der Waals surface area contributed by atoms with Gasteiger partial charge in [-0.25, -0.2) is 19.7 Å². The first kappa shape index (κ1) is 20.1. The van der Waals surface area contributed by atoms with Crippen molar-refractivity contribution < 1.29 is 9.90 Å². The average Bonchev–Trinajstić information content (AvgIpc) is 3.20. The molecule has 0 saturated heterocycles. The standard InChI is InChI=1S/C23H23N7O2/c1-2-24-22(31)30-21-28-17-12-15(11-16(19(17)29-21)20-25-9-4-10-26-20)14-5-6-18(27-13-14)23(32)7-3-8-23/h4-6,9-13,32H,2-3,7-8H2,1H3,(H3,24,28,29,30,31). The summed E-state index contributed by atoms with van der Waals surface area (Å²) in [5.41, 5.74) is 3.82. The van der Waals surface area contributed by atoms with Crippen molar-refractivity contribution in [2.75, 3.05) is 11.9 Å². The number of amides is 2. The molecule has 3 aromatic heterocycles. The van der Waals surface area contributed by atoms with Gasteiger partial charge in [-0.3, -0.25) is 10.3 Å². The molecule has 5 rings (SSSR count). The SMILES string of the molecule is CCNC(=O)Nc1nc2c(-c3ncccn3)cc(-c3ccc(C4(O)CCC4)nc3)cc2[nH]1. The predicted octanol–water partition coefficient (Wildman–Crippen LogP) is 3.59. The van der Waals surface area contributed by atoms with E-state index in [9.17, 15) is 9.90 Å². The number of urea groups is 1. The Labute approximate surface area is 184 Å². The highest BCUT2D eigenvalue weighted by Gasteiger charge is 2.37. The lowest BCUT2D eigenvalue weighted by Gasteiger charge is -2.35. The van der Waals surface area contributed by atoms with Crippen molar-refractivity contribution in [1.82, 2.24) is 30.2 Å². The molecule has 0 bridgehead atoms. The number of aliphatic hydroxyl groups is 1. The molecule has 162 valence electrons. The van der Waals surface area contributed by atoms with Crippen LogP contribution in [0.1, 0.15) is 31.9 Å². The van der Waals surface area contributed by atoms with Crippen LogP contribution in [0.3, 0.4) is 0 Å². The second-order valence-electron chi connectivity index (χ2n) is 7.88. The van der Waals surface area contributed by atoms with Crippen molar-refractivity contribution in [3.63, 3.8) is 0 Å². The summed E-state index contributed by atoms with van der Waals surface area (Å²) in [5.74, 6) is 0.865. The molecule has 1 aromatic carbocycles. The molecule has 32 heavy (non-hydrogen) atoms. The van der Waals surface area contributed by atoms with Crippen LogP contribution in [0.4, 0.5) is 10.7 Å². The number of pyridine rings is 1. The fourth-order valence-corrected chi connectivity index (χ4v) is 3.87. The zero-order valence-electron chi connectivity index (χ0n) is 17.6. The minimum Gasteiger partial charge on any atom is -0.384 e. The van der Waals surface area contributed by atoms with Crippen LogP contribution < -0.4 is 10.6 Å². The van der Waals surface area contributed by atoms with Crippen LogP contribution in [-0.2, 0) is 5.60 Å². The number of aromatic amines is 1. The lowest BCUT2D eigenvalue weighted by atomic mass is 9.77. The van der Waals surface area contributed by atoms with Crippen molar-refractivity contribution in [2.24, 2.45) is 0 Å². The molecule has 1 aliphatic carbocycles. The molecule has 1 fully saturated rings. The number of hydrogen-bond donors (Lipinski definition) is 4. The van der Waals surface area contributed by atoms with E-state index in [1.807, 2.05) is 31.2 Å². The summed E-state index contributed by atoms with van der Waals surface area (Å²) < 4.78 is 0. The second kappa shape index (κ2) is 8.01. The molecule has 0 atom stereocenters. The summed E-state index contributed by atoms with van der Waals surface area (Å²) in [6.07, 6.45) is 7.64. The molecule has 3 heterocycles. The first-order valence-corrected chi connectivity index (χ1v) is 10.6. The Morgan fingerprint density at radius 2 is 1.97 bits per heavy atom. The van der Waals surface area contributed by atoms with Crippen LogP contribution in [0.5, 0.6) is 0 Å². The number of aromatic nitrogens is 5. The Bertz CT molecular complexity index is 1270. The Morgan fingerprint density at radius 1 is 1.16 bits per heavy atom. The quantitative estimate of drug-likeness (QED) is 0.384. The van der Waals surface area contributed by atoms with E-state index in [1.165, 1.54) is 0 Å². The average molecular weight is 429 g/mol. The molecular formula is C23H23N7O2. The molecule has 9 nitrogen and oxygen atoms in total. The van der Waals surface area contributed by atoms with Gasteiger partial charge in [0.05, 0.1) is 11.2 Å². The normalized spacial score (nSPS) is 14.7. The van der Waals surface area contributed by atoms with E-state index < -0.39 is 5.60 Å². The summed E-state index contributed by atoms with van der Waals surface area (Å²) in [5, 5.41) is 16.0. The number of rotatable bonds is 5. The Morgan fingerprint density at radius 3 is 2.62 bits per heavy atom. The Kier molecular flexibility index (Phi) is 5.02. The fourth-order valence-electron chi connectivity index (χ4n) is 3.87. The summed E-state index contributed by atoms with van der Waals surface area (Å²) in [6, 6.07) is 9.17. The molecule has 1 saturated carbocycles.